The first-order chi connectivity index (χ1) is 9.09. The molecule has 1 aliphatic rings. The molecule has 0 spiro atoms. The van der Waals surface area contributed by atoms with E-state index in [1.807, 2.05) is 32.0 Å². The highest BCUT2D eigenvalue weighted by Gasteiger charge is 2.34. The van der Waals surface area contributed by atoms with Crippen LogP contribution in [0.1, 0.15) is 37.0 Å². The summed E-state index contributed by atoms with van der Waals surface area (Å²) in [6.07, 6.45) is 1.24. The van der Waals surface area contributed by atoms with Gasteiger partial charge < -0.3 is 15.2 Å². The zero-order valence-electron chi connectivity index (χ0n) is 11.5. The lowest BCUT2D eigenvalue weighted by molar-refractivity contribution is -0.144. The van der Waals surface area contributed by atoms with Crippen LogP contribution in [0.5, 0.6) is 0 Å². The molecule has 1 aromatic carbocycles. The van der Waals surface area contributed by atoms with Crippen LogP contribution in [0, 0.1) is 0 Å². The highest BCUT2D eigenvalue weighted by molar-refractivity contribution is 5.71. The summed E-state index contributed by atoms with van der Waals surface area (Å²) in [5, 5.41) is 12.6. The molecule has 2 rings (SSSR count). The third-order valence-corrected chi connectivity index (χ3v) is 3.66. The van der Waals surface area contributed by atoms with Gasteiger partial charge in [-0.25, -0.2) is 0 Å². The van der Waals surface area contributed by atoms with E-state index in [0.717, 1.165) is 24.1 Å². The van der Waals surface area contributed by atoms with E-state index in [2.05, 4.69) is 5.32 Å². The number of hydrogen-bond acceptors (Lipinski definition) is 4. The van der Waals surface area contributed by atoms with E-state index in [9.17, 15) is 9.90 Å². The lowest BCUT2D eigenvalue weighted by Crippen LogP contribution is -2.46. The topological polar surface area (TPSA) is 58.6 Å². The molecule has 1 unspecified atom stereocenters. The molecule has 0 fully saturated rings. The van der Waals surface area contributed by atoms with E-state index in [1.165, 1.54) is 5.56 Å². The number of carbonyl (C=O) groups excluding carboxylic acids is 1. The molecule has 0 amide bonds. The van der Waals surface area contributed by atoms with Gasteiger partial charge in [0.25, 0.3) is 0 Å². The molecule has 4 nitrogen and oxygen atoms in total. The largest absolute Gasteiger partial charge is 0.466 e. The Morgan fingerprint density at radius 3 is 3.00 bits per heavy atom. The van der Waals surface area contributed by atoms with E-state index in [-0.39, 0.29) is 18.1 Å². The van der Waals surface area contributed by atoms with Crippen molar-refractivity contribution >= 4 is 5.97 Å². The highest BCUT2D eigenvalue weighted by atomic mass is 16.5. The molecule has 19 heavy (non-hydrogen) atoms. The molecule has 1 aliphatic heterocycles. The van der Waals surface area contributed by atoms with E-state index in [4.69, 9.17) is 4.74 Å². The molecule has 0 saturated carbocycles. The summed E-state index contributed by atoms with van der Waals surface area (Å²) in [5.74, 6) is -0.184. The second kappa shape index (κ2) is 5.72. The monoisotopic (exact) mass is 263 g/mol. The average Bonchev–Trinajstić information content (AvgIpc) is 2.38. The molecule has 0 bridgehead atoms. The van der Waals surface area contributed by atoms with Gasteiger partial charge in [-0.05, 0) is 37.0 Å². The van der Waals surface area contributed by atoms with Crippen molar-refractivity contribution in [1.29, 1.82) is 0 Å². The van der Waals surface area contributed by atoms with Crippen molar-refractivity contribution in [2.24, 2.45) is 0 Å². The minimum absolute atomic E-state index is 0.0509. The molecular formula is C15H21NO3. The fourth-order valence-corrected chi connectivity index (χ4v) is 2.72. The van der Waals surface area contributed by atoms with Gasteiger partial charge in [-0.2, -0.15) is 0 Å². The second-order valence-electron chi connectivity index (χ2n) is 5.14. The molecule has 104 valence electrons. The Morgan fingerprint density at radius 2 is 2.32 bits per heavy atom. The molecule has 2 N–H and O–H groups in total. The molecule has 0 saturated heterocycles. The zero-order valence-corrected chi connectivity index (χ0v) is 11.5. The number of fused-ring (bicyclic) bond motifs is 1. The summed E-state index contributed by atoms with van der Waals surface area (Å²) < 4.78 is 5.05. The van der Waals surface area contributed by atoms with Gasteiger partial charge in [-0.3, -0.25) is 4.79 Å². The van der Waals surface area contributed by atoms with Crippen LogP contribution in [0.25, 0.3) is 0 Å². The van der Waals surface area contributed by atoms with Gasteiger partial charge in [-0.1, -0.05) is 18.2 Å². The van der Waals surface area contributed by atoms with E-state index in [1.54, 1.807) is 0 Å². The number of benzene rings is 1. The lowest BCUT2D eigenvalue weighted by atomic mass is 9.81. The van der Waals surface area contributed by atoms with Crippen molar-refractivity contribution in [3.8, 4) is 0 Å². The highest BCUT2D eigenvalue weighted by Crippen LogP contribution is 2.32. The Hall–Kier alpha value is -1.39. The Kier molecular flexibility index (Phi) is 4.22. The lowest BCUT2D eigenvalue weighted by Gasteiger charge is -2.36. The van der Waals surface area contributed by atoms with Crippen LogP contribution in [0.15, 0.2) is 18.2 Å². The minimum Gasteiger partial charge on any atom is -0.466 e. The van der Waals surface area contributed by atoms with Crippen LogP contribution in [0.2, 0.25) is 0 Å². The van der Waals surface area contributed by atoms with Crippen LogP contribution >= 0.6 is 0 Å². The van der Waals surface area contributed by atoms with Gasteiger partial charge in [0.1, 0.15) is 0 Å². The summed E-state index contributed by atoms with van der Waals surface area (Å²) in [4.78, 5) is 11.7. The van der Waals surface area contributed by atoms with Crippen molar-refractivity contribution in [2.45, 2.75) is 38.8 Å². The molecule has 0 aromatic heterocycles. The number of nitrogens with one attached hydrogen (secondary N) is 1. The fourth-order valence-electron chi connectivity index (χ4n) is 2.72. The maximum atomic E-state index is 11.7. The standard InChI is InChI=1S/C15H21NO3/c1-3-19-14(18)9-15(2)13-5-4-11(10-17)8-12(13)6-7-16-15/h4-5,8,16-17H,3,6-7,9-10H2,1-2H3. The van der Waals surface area contributed by atoms with E-state index >= 15 is 0 Å². The summed E-state index contributed by atoms with van der Waals surface area (Å²) in [7, 11) is 0. The zero-order chi connectivity index (χ0) is 13.9. The fraction of sp³-hybridized carbons (Fsp3) is 0.533. The predicted octanol–water partition coefficient (Wildman–Crippen LogP) is 1.49. The Labute approximate surface area is 113 Å². The van der Waals surface area contributed by atoms with Crippen LogP contribution in [-0.2, 0) is 28.1 Å². The normalized spacial score (nSPS) is 21.8. The molecule has 0 radical (unpaired) electrons. The number of esters is 1. The Balaban J connectivity index is 2.27. The van der Waals surface area contributed by atoms with Gasteiger partial charge in [0.2, 0.25) is 0 Å². The first kappa shape index (κ1) is 14.0. The molecule has 1 atom stereocenters. The van der Waals surface area contributed by atoms with Crippen LogP contribution < -0.4 is 5.32 Å². The maximum Gasteiger partial charge on any atom is 0.307 e. The maximum absolute atomic E-state index is 11.7. The van der Waals surface area contributed by atoms with Gasteiger partial charge in [0, 0.05) is 6.54 Å². The van der Waals surface area contributed by atoms with Crippen molar-refractivity contribution in [2.75, 3.05) is 13.2 Å². The second-order valence-corrected chi connectivity index (χ2v) is 5.14. The summed E-state index contributed by atoms with van der Waals surface area (Å²) >= 11 is 0. The SMILES string of the molecule is CCOC(=O)CC1(C)NCCc2cc(CO)ccc21. The van der Waals surface area contributed by atoms with Gasteiger partial charge in [0.05, 0.1) is 25.2 Å². The van der Waals surface area contributed by atoms with E-state index in [0.29, 0.717) is 13.0 Å². The quantitative estimate of drug-likeness (QED) is 0.808. The molecule has 4 heteroatoms. The first-order valence-corrected chi connectivity index (χ1v) is 6.73. The summed E-state index contributed by atoms with van der Waals surface area (Å²) in [6.45, 7) is 5.13. The number of hydrogen-bond donors (Lipinski definition) is 2. The number of carbonyl (C=O) groups is 1. The van der Waals surface area contributed by atoms with Gasteiger partial charge in [-0.15, -0.1) is 0 Å². The Morgan fingerprint density at radius 1 is 1.53 bits per heavy atom. The van der Waals surface area contributed by atoms with Crippen LogP contribution in [0.4, 0.5) is 0 Å². The molecule has 0 aliphatic carbocycles. The Bertz CT molecular complexity index is 472. The van der Waals surface area contributed by atoms with E-state index < -0.39 is 0 Å². The number of aliphatic hydroxyl groups is 1. The third-order valence-electron chi connectivity index (χ3n) is 3.66. The number of ether oxygens (including phenoxy) is 1. The molecule has 1 heterocycles. The first-order valence-electron chi connectivity index (χ1n) is 6.73. The van der Waals surface area contributed by atoms with Crippen molar-refractivity contribution in [3.63, 3.8) is 0 Å². The molecule has 1 aromatic rings. The van der Waals surface area contributed by atoms with Crippen LogP contribution in [-0.4, -0.2) is 24.2 Å². The molecular weight excluding hydrogens is 242 g/mol. The smallest absolute Gasteiger partial charge is 0.307 e. The number of rotatable bonds is 4. The summed E-state index contributed by atoms with van der Waals surface area (Å²) in [6, 6.07) is 5.95. The van der Waals surface area contributed by atoms with Crippen molar-refractivity contribution < 1.29 is 14.6 Å². The number of aliphatic hydroxyl groups excluding tert-OH is 1. The van der Waals surface area contributed by atoms with Crippen LogP contribution in [0.3, 0.4) is 0 Å². The van der Waals surface area contributed by atoms with Crippen molar-refractivity contribution in [3.05, 3.63) is 34.9 Å². The minimum atomic E-state index is -0.381. The third kappa shape index (κ3) is 2.96. The predicted molar refractivity (Wildman–Crippen MR) is 72.7 cm³/mol. The van der Waals surface area contributed by atoms with Crippen molar-refractivity contribution in [1.82, 2.24) is 5.32 Å². The summed E-state index contributed by atoms with van der Waals surface area (Å²) in [5.41, 5.74) is 2.87. The van der Waals surface area contributed by atoms with Gasteiger partial charge in [0.15, 0.2) is 0 Å². The van der Waals surface area contributed by atoms with Gasteiger partial charge >= 0.3 is 5.97 Å². The average molecular weight is 263 g/mol.